The highest BCUT2D eigenvalue weighted by atomic mass is 35.5. The minimum Gasteiger partial charge on any atom is -0.356 e. The van der Waals surface area contributed by atoms with E-state index in [-0.39, 0.29) is 0 Å². The Bertz CT molecular complexity index is 409. The first-order valence-corrected chi connectivity index (χ1v) is 8.09. The van der Waals surface area contributed by atoms with Gasteiger partial charge in [-0.05, 0) is 36.1 Å². The van der Waals surface area contributed by atoms with Crippen molar-refractivity contribution >= 4 is 29.3 Å². The molecule has 1 aromatic rings. The molecular weight excluding hydrogens is 278 g/mol. The zero-order chi connectivity index (χ0) is 14.1. The fraction of sp³-hybridized carbons (Fsp3) is 0.500. The third kappa shape index (κ3) is 6.21. The highest BCUT2D eigenvalue weighted by molar-refractivity contribution is 7.98. The Morgan fingerprint density at radius 2 is 2.26 bits per heavy atom. The quantitative estimate of drug-likeness (QED) is 0.497. The Kier molecular flexibility index (Phi) is 7.75. The Morgan fingerprint density at radius 1 is 1.47 bits per heavy atom. The number of nitrogens with one attached hydrogen (secondary N) is 1. The van der Waals surface area contributed by atoms with Gasteiger partial charge in [0.05, 0.1) is 0 Å². The van der Waals surface area contributed by atoms with Crippen LogP contribution in [0, 0.1) is 0 Å². The van der Waals surface area contributed by atoms with Crippen LogP contribution in [-0.4, -0.2) is 43.5 Å². The molecule has 0 aromatic heterocycles. The van der Waals surface area contributed by atoms with Gasteiger partial charge in [0.15, 0.2) is 5.96 Å². The number of benzene rings is 1. The molecule has 0 aliphatic rings. The first kappa shape index (κ1) is 16.2. The van der Waals surface area contributed by atoms with E-state index >= 15 is 0 Å². The summed E-state index contributed by atoms with van der Waals surface area (Å²) >= 11 is 7.86. The van der Waals surface area contributed by atoms with Gasteiger partial charge < -0.3 is 10.2 Å². The zero-order valence-electron chi connectivity index (χ0n) is 11.8. The summed E-state index contributed by atoms with van der Waals surface area (Å²) in [5, 5.41) is 4.14. The minimum absolute atomic E-state index is 0.772. The van der Waals surface area contributed by atoms with Crippen LogP contribution in [0.4, 0.5) is 0 Å². The Morgan fingerprint density at radius 3 is 2.89 bits per heavy atom. The number of thioether (sulfide) groups is 1. The maximum Gasteiger partial charge on any atom is 0.193 e. The fourth-order valence-electron chi connectivity index (χ4n) is 1.79. The molecule has 0 saturated carbocycles. The number of aliphatic imine (C=N–C) groups is 1. The smallest absolute Gasteiger partial charge is 0.193 e. The van der Waals surface area contributed by atoms with E-state index in [2.05, 4.69) is 27.5 Å². The maximum atomic E-state index is 5.99. The van der Waals surface area contributed by atoms with E-state index in [1.165, 1.54) is 11.3 Å². The lowest BCUT2D eigenvalue weighted by atomic mass is 10.2. The molecule has 0 unspecified atom stereocenters. The number of rotatable bonds is 6. The predicted molar refractivity (Wildman–Crippen MR) is 87.3 cm³/mol. The van der Waals surface area contributed by atoms with Crippen molar-refractivity contribution in [3.8, 4) is 0 Å². The molecule has 0 aliphatic carbocycles. The van der Waals surface area contributed by atoms with E-state index < -0.39 is 0 Å². The molecule has 19 heavy (non-hydrogen) atoms. The molecule has 0 spiro atoms. The molecule has 0 aliphatic heterocycles. The number of hydrogen-bond acceptors (Lipinski definition) is 2. The van der Waals surface area contributed by atoms with Crippen LogP contribution in [0.5, 0.6) is 0 Å². The second kappa shape index (κ2) is 9.10. The summed E-state index contributed by atoms with van der Waals surface area (Å²) in [6.45, 7) is 1.75. The lowest BCUT2D eigenvalue weighted by molar-refractivity contribution is 0.477. The average molecular weight is 300 g/mol. The molecule has 0 heterocycles. The molecule has 0 saturated heterocycles. The van der Waals surface area contributed by atoms with Crippen LogP contribution in [0.2, 0.25) is 5.02 Å². The van der Waals surface area contributed by atoms with Gasteiger partial charge in [0, 0.05) is 32.2 Å². The van der Waals surface area contributed by atoms with Crippen LogP contribution in [0.3, 0.4) is 0 Å². The van der Waals surface area contributed by atoms with Gasteiger partial charge in [-0.3, -0.25) is 4.99 Å². The molecule has 0 bridgehead atoms. The van der Waals surface area contributed by atoms with Gasteiger partial charge in [-0.2, -0.15) is 11.8 Å². The number of halogens is 1. The molecule has 0 atom stereocenters. The van der Waals surface area contributed by atoms with Gasteiger partial charge in [0.1, 0.15) is 0 Å². The summed E-state index contributed by atoms with van der Waals surface area (Å²) in [5.74, 6) is 2.09. The van der Waals surface area contributed by atoms with Crippen molar-refractivity contribution in [2.45, 2.75) is 13.0 Å². The van der Waals surface area contributed by atoms with Crippen molar-refractivity contribution in [1.82, 2.24) is 10.2 Å². The van der Waals surface area contributed by atoms with Crippen LogP contribution >= 0.6 is 23.4 Å². The van der Waals surface area contributed by atoms with Crippen LogP contribution in [0.1, 0.15) is 12.0 Å². The third-order valence-corrected chi connectivity index (χ3v) is 3.62. The Labute approximate surface area is 125 Å². The second-order valence-electron chi connectivity index (χ2n) is 4.31. The van der Waals surface area contributed by atoms with Crippen molar-refractivity contribution in [1.29, 1.82) is 0 Å². The normalized spacial score (nSPS) is 11.5. The molecule has 0 radical (unpaired) electrons. The highest BCUT2D eigenvalue weighted by Crippen LogP contribution is 2.12. The van der Waals surface area contributed by atoms with E-state index in [1.807, 2.05) is 44.1 Å². The first-order valence-electron chi connectivity index (χ1n) is 6.32. The molecule has 1 aromatic carbocycles. The van der Waals surface area contributed by atoms with Gasteiger partial charge in [-0.1, -0.05) is 23.7 Å². The fourth-order valence-corrected chi connectivity index (χ4v) is 2.43. The number of nitrogens with zero attached hydrogens (tertiary/aromatic N) is 2. The SMILES string of the molecule is CN=C(NCCCSC)N(C)Cc1cccc(Cl)c1. The van der Waals surface area contributed by atoms with Crippen molar-refractivity contribution in [3.05, 3.63) is 34.9 Å². The maximum absolute atomic E-state index is 5.99. The summed E-state index contributed by atoms with van der Waals surface area (Å²) in [6, 6.07) is 7.92. The van der Waals surface area contributed by atoms with Crippen LogP contribution in [0.15, 0.2) is 29.3 Å². The standard InChI is InChI=1S/C14H22ClN3S/c1-16-14(17-8-5-9-19-3)18(2)11-12-6-4-7-13(15)10-12/h4,6-7,10H,5,8-9,11H2,1-3H3,(H,16,17). The summed E-state index contributed by atoms with van der Waals surface area (Å²) in [6.07, 6.45) is 3.27. The minimum atomic E-state index is 0.772. The van der Waals surface area contributed by atoms with Crippen molar-refractivity contribution < 1.29 is 0 Å². The predicted octanol–water partition coefficient (Wildman–Crippen LogP) is 3.10. The molecule has 3 nitrogen and oxygen atoms in total. The van der Waals surface area contributed by atoms with Crippen molar-refractivity contribution in [2.75, 3.05) is 32.6 Å². The number of guanidine groups is 1. The molecular formula is C14H22ClN3S. The Balaban J connectivity index is 2.47. The van der Waals surface area contributed by atoms with Gasteiger partial charge >= 0.3 is 0 Å². The molecule has 0 amide bonds. The lowest BCUT2D eigenvalue weighted by Gasteiger charge is -2.22. The zero-order valence-corrected chi connectivity index (χ0v) is 13.4. The summed E-state index contributed by atoms with van der Waals surface area (Å²) in [4.78, 5) is 6.40. The van der Waals surface area contributed by atoms with Crippen LogP contribution in [0.25, 0.3) is 0 Å². The van der Waals surface area contributed by atoms with E-state index in [0.717, 1.165) is 30.5 Å². The van der Waals surface area contributed by atoms with E-state index in [0.29, 0.717) is 0 Å². The van der Waals surface area contributed by atoms with Gasteiger partial charge in [-0.25, -0.2) is 0 Å². The van der Waals surface area contributed by atoms with Crippen molar-refractivity contribution in [2.24, 2.45) is 4.99 Å². The van der Waals surface area contributed by atoms with E-state index in [9.17, 15) is 0 Å². The first-order chi connectivity index (χ1) is 9.17. The summed E-state index contributed by atoms with van der Waals surface area (Å²) in [5.41, 5.74) is 1.18. The second-order valence-corrected chi connectivity index (χ2v) is 5.73. The average Bonchev–Trinajstić information content (AvgIpc) is 2.38. The molecule has 1 N–H and O–H groups in total. The molecule has 5 heteroatoms. The van der Waals surface area contributed by atoms with Gasteiger partial charge in [-0.15, -0.1) is 0 Å². The monoisotopic (exact) mass is 299 g/mol. The molecule has 1 rings (SSSR count). The summed E-state index contributed by atoms with van der Waals surface area (Å²) in [7, 11) is 3.84. The van der Waals surface area contributed by atoms with Gasteiger partial charge in [0.25, 0.3) is 0 Å². The van der Waals surface area contributed by atoms with Crippen LogP contribution < -0.4 is 5.32 Å². The molecule has 106 valence electrons. The van der Waals surface area contributed by atoms with Gasteiger partial charge in [0.2, 0.25) is 0 Å². The largest absolute Gasteiger partial charge is 0.356 e. The topological polar surface area (TPSA) is 27.6 Å². The summed E-state index contributed by atoms with van der Waals surface area (Å²) < 4.78 is 0. The number of hydrogen-bond donors (Lipinski definition) is 1. The van der Waals surface area contributed by atoms with E-state index in [4.69, 9.17) is 11.6 Å². The highest BCUT2D eigenvalue weighted by Gasteiger charge is 2.06. The Hall–Kier alpha value is -0.870. The van der Waals surface area contributed by atoms with Crippen molar-refractivity contribution in [3.63, 3.8) is 0 Å². The third-order valence-electron chi connectivity index (χ3n) is 2.69. The lowest BCUT2D eigenvalue weighted by Crippen LogP contribution is -2.39. The molecule has 0 fully saturated rings. The van der Waals surface area contributed by atoms with E-state index in [1.54, 1.807) is 0 Å². The van der Waals surface area contributed by atoms with Crippen LogP contribution in [-0.2, 0) is 6.54 Å².